The van der Waals surface area contributed by atoms with E-state index in [1.165, 1.54) is 16.9 Å². The van der Waals surface area contributed by atoms with E-state index in [9.17, 15) is 9.59 Å². The SMILES string of the molecule is CCc1ccc(-c2nc(C(=O)OCC(=O)NCc3ccccc3Cl)cs2)cc1. The number of ether oxygens (including phenoxy) is 1. The minimum absolute atomic E-state index is 0.193. The monoisotopic (exact) mass is 414 g/mol. The van der Waals surface area contributed by atoms with E-state index in [-0.39, 0.29) is 18.8 Å². The predicted molar refractivity (Wildman–Crippen MR) is 111 cm³/mol. The number of aromatic nitrogens is 1. The van der Waals surface area contributed by atoms with E-state index in [4.69, 9.17) is 16.3 Å². The number of benzene rings is 2. The van der Waals surface area contributed by atoms with E-state index >= 15 is 0 Å². The number of thiazole rings is 1. The van der Waals surface area contributed by atoms with E-state index in [1.54, 1.807) is 11.4 Å². The molecule has 144 valence electrons. The van der Waals surface area contributed by atoms with Crippen LogP contribution in [0.25, 0.3) is 10.6 Å². The molecule has 0 aliphatic heterocycles. The quantitative estimate of drug-likeness (QED) is 0.578. The van der Waals surface area contributed by atoms with Crippen molar-refractivity contribution in [3.05, 3.63) is 75.8 Å². The van der Waals surface area contributed by atoms with Crippen molar-refractivity contribution in [2.75, 3.05) is 6.61 Å². The molecule has 0 aliphatic rings. The maximum Gasteiger partial charge on any atom is 0.358 e. The van der Waals surface area contributed by atoms with Crippen molar-refractivity contribution >= 4 is 34.8 Å². The van der Waals surface area contributed by atoms with Crippen LogP contribution in [-0.4, -0.2) is 23.5 Å². The summed E-state index contributed by atoms with van der Waals surface area (Å²) in [6.45, 7) is 1.99. The molecule has 7 heteroatoms. The van der Waals surface area contributed by atoms with Crippen LogP contribution in [0.1, 0.15) is 28.5 Å². The van der Waals surface area contributed by atoms with Crippen molar-refractivity contribution in [1.82, 2.24) is 10.3 Å². The number of esters is 1. The molecule has 0 fully saturated rings. The largest absolute Gasteiger partial charge is 0.451 e. The Hall–Kier alpha value is -2.70. The van der Waals surface area contributed by atoms with Gasteiger partial charge in [-0.25, -0.2) is 9.78 Å². The number of nitrogens with zero attached hydrogens (tertiary/aromatic N) is 1. The lowest BCUT2D eigenvalue weighted by atomic mass is 10.1. The fraction of sp³-hybridized carbons (Fsp3) is 0.190. The van der Waals surface area contributed by atoms with Gasteiger partial charge in [-0.1, -0.05) is 61.0 Å². The second-order valence-electron chi connectivity index (χ2n) is 6.03. The van der Waals surface area contributed by atoms with E-state index in [2.05, 4.69) is 17.2 Å². The van der Waals surface area contributed by atoms with Crippen molar-refractivity contribution in [3.63, 3.8) is 0 Å². The zero-order valence-electron chi connectivity index (χ0n) is 15.3. The van der Waals surface area contributed by atoms with Gasteiger partial charge >= 0.3 is 5.97 Å². The molecule has 0 bridgehead atoms. The van der Waals surface area contributed by atoms with Gasteiger partial charge in [-0.2, -0.15) is 0 Å². The number of aryl methyl sites for hydroxylation is 1. The van der Waals surface area contributed by atoms with Gasteiger partial charge in [0.1, 0.15) is 5.01 Å². The molecule has 5 nitrogen and oxygen atoms in total. The van der Waals surface area contributed by atoms with E-state index in [1.807, 2.05) is 42.5 Å². The summed E-state index contributed by atoms with van der Waals surface area (Å²) in [4.78, 5) is 28.4. The Kier molecular flexibility index (Phi) is 6.79. The van der Waals surface area contributed by atoms with E-state index in [0.717, 1.165) is 22.6 Å². The molecule has 2 aromatic carbocycles. The maximum absolute atomic E-state index is 12.1. The lowest BCUT2D eigenvalue weighted by Gasteiger charge is -2.07. The van der Waals surface area contributed by atoms with Crippen LogP contribution in [0.5, 0.6) is 0 Å². The number of amides is 1. The minimum Gasteiger partial charge on any atom is -0.451 e. The summed E-state index contributed by atoms with van der Waals surface area (Å²) in [5.41, 5.74) is 3.17. The van der Waals surface area contributed by atoms with E-state index in [0.29, 0.717) is 5.02 Å². The summed E-state index contributed by atoms with van der Waals surface area (Å²) in [5, 5.41) is 5.61. The molecule has 0 aliphatic carbocycles. The zero-order valence-corrected chi connectivity index (χ0v) is 16.8. The van der Waals surface area contributed by atoms with Gasteiger partial charge in [-0.3, -0.25) is 4.79 Å². The maximum atomic E-state index is 12.1. The van der Waals surface area contributed by atoms with Crippen LogP contribution < -0.4 is 5.32 Å². The van der Waals surface area contributed by atoms with Gasteiger partial charge in [0.25, 0.3) is 5.91 Å². The summed E-state index contributed by atoms with van der Waals surface area (Å²) in [6.07, 6.45) is 0.967. The Labute approximate surface area is 172 Å². The van der Waals surface area contributed by atoms with Crippen LogP contribution >= 0.6 is 22.9 Å². The number of hydrogen-bond acceptors (Lipinski definition) is 5. The third-order valence-corrected chi connectivity index (χ3v) is 5.35. The van der Waals surface area contributed by atoms with Gasteiger partial charge < -0.3 is 10.1 Å². The van der Waals surface area contributed by atoms with Crippen molar-refractivity contribution in [3.8, 4) is 10.6 Å². The number of nitrogens with one attached hydrogen (secondary N) is 1. The number of halogens is 1. The first kappa shape index (κ1) is 20.0. The summed E-state index contributed by atoms with van der Waals surface area (Å²) in [6, 6.07) is 15.3. The molecule has 0 saturated carbocycles. The molecule has 1 heterocycles. The summed E-state index contributed by atoms with van der Waals surface area (Å²) >= 11 is 7.40. The van der Waals surface area contributed by atoms with Gasteiger partial charge in [0, 0.05) is 22.5 Å². The predicted octanol–water partition coefficient (Wildman–Crippen LogP) is 4.50. The van der Waals surface area contributed by atoms with Crippen molar-refractivity contribution in [2.45, 2.75) is 19.9 Å². The zero-order chi connectivity index (χ0) is 19.9. The van der Waals surface area contributed by atoms with Gasteiger partial charge in [0.2, 0.25) is 0 Å². The first-order chi connectivity index (χ1) is 13.6. The third-order valence-electron chi connectivity index (χ3n) is 4.09. The van der Waals surface area contributed by atoms with Crippen molar-refractivity contribution in [1.29, 1.82) is 0 Å². The fourth-order valence-electron chi connectivity index (χ4n) is 2.47. The van der Waals surface area contributed by atoms with Crippen LogP contribution in [0, 0.1) is 0 Å². The van der Waals surface area contributed by atoms with Gasteiger partial charge in [0.05, 0.1) is 0 Å². The van der Waals surface area contributed by atoms with Crippen molar-refractivity contribution < 1.29 is 14.3 Å². The first-order valence-electron chi connectivity index (χ1n) is 8.79. The lowest BCUT2D eigenvalue weighted by Crippen LogP contribution is -2.28. The molecule has 0 saturated heterocycles. The highest BCUT2D eigenvalue weighted by molar-refractivity contribution is 7.13. The van der Waals surface area contributed by atoms with Crippen LogP contribution in [0.2, 0.25) is 5.02 Å². The molecule has 0 atom stereocenters. The Morgan fingerprint density at radius 2 is 1.89 bits per heavy atom. The Morgan fingerprint density at radius 3 is 2.61 bits per heavy atom. The highest BCUT2D eigenvalue weighted by Gasteiger charge is 2.15. The summed E-state index contributed by atoms with van der Waals surface area (Å²) in [5.74, 6) is -1.03. The summed E-state index contributed by atoms with van der Waals surface area (Å²) in [7, 11) is 0. The molecule has 0 spiro atoms. The second kappa shape index (κ2) is 9.48. The van der Waals surface area contributed by atoms with Gasteiger partial charge in [-0.15, -0.1) is 11.3 Å². The standard InChI is InChI=1S/C21H19ClN2O3S/c1-2-14-7-9-15(10-8-14)20-24-18(13-28-20)21(26)27-12-19(25)23-11-16-5-3-4-6-17(16)22/h3-10,13H,2,11-12H2,1H3,(H,23,25). The van der Waals surface area contributed by atoms with Crippen LogP contribution in [0.4, 0.5) is 0 Å². The fourth-order valence-corrected chi connectivity index (χ4v) is 3.47. The number of carbonyl (C=O) groups is 2. The molecule has 3 rings (SSSR count). The molecule has 3 aromatic rings. The topological polar surface area (TPSA) is 68.3 Å². The molecule has 0 radical (unpaired) electrons. The third kappa shape index (κ3) is 5.18. The molecule has 1 aromatic heterocycles. The Bertz CT molecular complexity index is 970. The number of hydrogen-bond donors (Lipinski definition) is 1. The molecule has 1 N–H and O–H groups in total. The van der Waals surface area contributed by atoms with Crippen molar-refractivity contribution in [2.24, 2.45) is 0 Å². The van der Waals surface area contributed by atoms with E-state index < -0.39 is 11.9 Å². The first-order valence-corrected chi connectivity index (χ1v) is 10.0. The smallest absolute Gasteiger partial charge is 0.358 e. The lowest BCUT2D eigenvalue weighted by molar-refractivity contribution is -0.124. The van der Waals surface area contributed by atoms with Crippen LogP contribution in [0.3, 0.4) is 0 Å². The molecular formula is C21H19ClN2O3S. The second-order valence-corrected chi connectivity index (χ2v) is 7.30. The van der Waals surface area contributed by atoms with Gasteiger partial charge in [0.15, 0.2) is 12.3 Å². The van der Waals surface area contributed by atoms with Crippen LogP contribution in [-0.2, 0) is 22.5 Å². The van der Waals surface area contributed by atoms with Crippen LogP contribution in [0.15, 0.2) is 53.9 Å². The summed E-state index contributed by atoms with van der Waals surface area (Å²) < 4.78 is 5.05. The highest BCUT2D eigenvalue weighted by atomic mass is 35.5. The number of carbonyl (C=O) groups excluding carboxylic acids is 2. The average Bonchev–Trinajstić information content (AvgIpc) is 3.22. The number of rotatable bonds is 7. The highest BCUT2D eigenvalue weighted by Crippen LogP contribution is 2.24. The molecule has 1 amide bonds. The minimum atomic E-state index is -0.624. The Balaban J connectivity index is 1.51. The van der Waals surface area contributed by atoms with Gasteiger partial charge in [-0.05, 0) is 23.6 Å². The average molecular weight is 415 g/mol. The Morgan fingerprint density at radius 1 is 1.14 bits per heavy atom. The molecule has 28 heavy (non-hydrogen) atoms. The normalized spacial score (nSPS) is 10.5. The molecular weight excluding hydrogens is 396 g/mol. The molecule has 0 unspecified atom stereocenters.